The molecule has 0 bridgehead atoms. The fraction of sp³-hybridized carbons (Fsp3) is 0.364. The van der Waals surface area contributed by atoms with E-state index in [2.05, 4.69) is 29.4 Å². The minimum Gasteiger partial charge on any atom is -0.372 e. The number of rotatable bonds is 6. The van der Waals surface area contributed by atoms with Crippen LogP contribution in [0.15, 0.2) is 42.5 Å². The van der Waals surface area contributed by atoms with Crippen LogP contribution in [-0.2, 0) is 4.79 Å². The number of carbonyl (C=O) groups excluding carboxylic acids is 2. The van der Waals surface area contributed by atoms with Gasteiger partial charge in [-0.2, -0.15) is 0 Å². The van der Waals surface area contributed by atoms with Crippen LogP contribution in [0.2, 0.25) is 0 Å². The molecule has 2 N–H and O–H groups in total. The van der Waals surface area contributed by atoms with Gasteiger partial charge < -0.3 is 20.4 Å². The first-order chi connectivity index (χ1) is 13.9. The van der Waals surface area contributed by atoms with E-state index in [9.17, 15) is 14.0 Å². The molecule has 0 radical (unpaired) electrons. The number of carbonyl (C=O) groups is 2. The van der Waals surface area contributed by atoms with Gasteiger partial charge in [-0.1, -0.05) is 6.07 Å². The number of hydrogen-bond acceptors (Lipinski definition) is 3. The Kier molecular flexibility index (Phi) is 6.36. The Morgan fingerprint density at radius 3 is 2.62 bits per heavy atom. The van der Waals surface area contributed by atoms with Gasteiger partial charge in [-0.3, -0.25) is 4.79 Å². The predicted molar refractivity (Wildman–Crippen MR) is 114 cm³/mol. The highest BCUT2D eigenvalue weighted by atomic mass is 19.1. The third-order valence-electron chi connectivity index (χ3n) is 5.17. The van der Waals surface area contributed by atoms with Crippen LogP contribution < -0.4 is 20.4 Å². The Labute approximate surface area is 170 Å². The number of halogens is 1. The average Bonchev–Trinajstić information content (AvgIpc) is 3.05. The van der Waals surface area contributed by atoms with Gasteiger partial charge in [-0.15, -0.1) is 0 Å². The third-order valence-corrected chi connectivity index (χ3v) is 5.17. The van der Waals surface area contributed by atoms with Crippen LogP contribution in [0, 0.1) is 12.7 Å². The fourth-order valence-electron chi connectivity index (χ4n) is 3.62. The van der Waals surface area contributed by atoms with Crippen LogP contribution in [0.1, 0.15) is 25.8 Å². The van der Waals surface area contributed by atoms with Crippen LogP contribution in [0.5, 0.6) is 0 Å². The molecule has 0 spiro atoms. The molecule has 0 aromatic heterocycles. The van der Waals surface area contributed by atoms with E-state index in [0.29, 0.717) is 12.2 Å². The summed E-state index contributed by atoms with van der Waals surface area (Å²) < 4.78 is 13.4. The minimum atomic E-state index is -0.395. The first-order valence-electron chi connectivity index (χ1n) is 9.90. The molecule has 2 aromatic rings. The van der Waals surface area contributed by atoms with Crippen molar-refractivity contribution in [2.75, 3.05) is 34.8 Å². The van der Waals surface area contributed by atoms with Crippen molar-refractivity contribution in [3.8, 4) is 0 Å². The zero-order valence-electron chi connectivity index (χ0n) is 17.0. The molecule has 2 aromatic carbocycles. The lowest BCUT2D eigenvalue weighted by molar-refractivity contribution is -0.117. The van der Waals surface area contributed by atoms with E-state index in [-0.39, 0.29) is 24.4 Å². The van der Waals surface area contributed by atoms with E-state index in [1.807, 2.05) is 25.1 Å². The topological polar surface area (TPSA) is 64.7 Å². The van der Waals surface area contributed by atoms with Crippen LogP contribution >= 0.6 is 0 Å². The summed E-state index contributed by atoms with van der Waals surface area (Å²) in [5.74, 6) is -0.534. The number of anilines is 3. The summed E-state index contributed by atoms with van der Waals surface area (Å²) in [4.78, 5) is 28.4. The van der Waals surface area contributed by atoms with Crippen molar-refractivity contribution < 1.29 is 14.0 Å². The van der Waals surface area contributed by atoms with Crippen molar-refractivity contribution in [2.24, 2.45) is 0 Å². The normalized spacial score (nSPS) is 16.1. The quantitative estimate of drug-likeness (QED) is 0.776. The van der Waals surface area contributed by atoms with Crippen molar-refractivity contribution in [3.63, 3.8) is 0 Å². The zero-order valence-corrected chi connectivity index (χ0v) is 17.0. The lowest BCUT2D eigenvalue weighted by atomic mass is 10.1. The lowest BCUT2D eigenvalue weighted by Gasteiger charge is -2.22. The van der Waals surface area contributed by atoms with Gasteiger partial charge in [0.2, 0.25) is 5.91 Å². The molecule has 3 amide bonds. The number of benzene rings is 2. The number of nitrogens with one attached hydrogen (secondary N) is 2. The molecule has 1 aliphatic heterocycles. The highest BCUT2D eigenvalue weighted by molar-refractivity contribution is 5.97. The molecule has 154 valence electrons. The van der Waals surface area contributed by atoms with Gasteiger partial charge in [0.1, 0.15) is 5.82 Å². The summed E-state index contributed by atoms with van der Waals surface area (Å²) in [6, 6.07) is 11.1. The van der Waals surface area contributed by atoms with Gasteiger partial charge in [0.25, 0.3) is 0 Å². The summed E-state index contributed by atoms with van der Waals surface area (Å²) in [5, 5.41) is 5.70. The number of urea groups is 1. The summed E-state index contributed by atoms with van der Waals surface area (Å²) in [6.45, 7) is 8.31. The van der Waals surface area contributed by atoms with Crippen LogP contribution in [-0.4, -0.2) is 37.6 Å². The van der Waals surface area contributed by atoms with Gasteiger partial charge in [0, 0.05) is 43.1 Å². The first kappa shape index (κ1) is 20.6. The summed E-state index contributed by atoms with van der Waals surface area (Å²) in [5.41, 5.74) is 3.31. The Bertz CT molecular complexity index is 898. The van der Waals surface area contributed by atoms with Gasteiger partial charge in [0.05, 0.1) is 6.04 Å². The van der Waals surface area contributed by atoms with Crippen molar-refractivity contribution in [3.05, 3.63) is 53.8 Å². The molecule has 29 heavy (non-hydrogen) atoms. The second-order valence-corrected chi connectivity index (χ2v) is 7.16. The first-order valence-corrected chi connectivity index (χ1v) is 9.90. The largest absolute Gasteiger partial charge is 0.372 e. The molecule has 0 saturated carbocycles. The number of amides is 3. The number of hydrogen-bond donors (Lipinski definition) is 2. The molecule has 7 heteroatoms. The van der Waals surface area contributed by atoms with E-state index >= 15 is 0 Å². The van der Waals surface area contributed by atoms with Crippen molar-refractivity contribution in [2.45, 2.75) is 33.2 Å². The van der Waals surface area contributed by atoms with Crippen LogP contribution in [0.4, 0.5) is 26.2 Å². The molecule has 3 rings (SSSR count). The second-order valence-electron chi connectivity index (χ2n) is 7.16. The van der Waals surface area contributed by atoms with Gasteiger partial charge in [-0.25, -0.2) is 9.18 Å². The molecule has 1 saturated heterocycles. The summed E-state index contributed by atoms with van der Waals surface area (Å²) in [6.07, 6.45) is 0.184. The van der Waals surface area contributed by atoms with Gasteiger partial charge in [-0.05, 0) is 62.7 Å². The van der Waals surface area contributed by atoms with Crippen LogP contribution in [0.25, 0.3) is 0 Å². The molecule has 0 aliphatic carbocycles. The Morgan fingerprint density at radius 1 is 1.21 bits per heavy atom. The molecular formula is C22H27FN4O2. The zero-order chi connectivity index (χ0) is 21.0. The molecule has 1 heterocycles. The predicted octanol–water partition coefficient (Wildman–Crippen LogP) is 3.91. The fourth-order valence-corrected chi connectivity index (χ4v) is 3.62. The van der Waals surface area contributed by atoms with E-state index in [4.69, 9.17) is 0 Å². The van der Waals surface area contributed by atoms with Crippen molar-refractivity contribution in [1.82, 2.24) is 5.32 Å². The third kappa shape index (κ3) is 4.85. The van der Waals surface area contributed by atoms with Gasteiger partial charge in [0.15, 0.2) is 0 Å². The van der Waals surface area contributed by atoms with E-state index < -0.39 is 5.82 Å². The minimum absolute atomic E-state index is 0.138. The Balaban J connectivity index is 1.61. The van der Waals surface area contributed by atoms with Crippen LogP contribution in [0.3, 0.4) is 0 Å². The second kappa shape index (κ2) is 8.94. The maximum absolute atomic E-state index is 13.4. The molecule has 1 atom stereocenters. The highest BCUT2D eigenvalue weighted by Gasteiger charge is 2.31. The van der Waals surface area contributed by atoms with Crippen molar-refractivity contribution >= 4 is 29.0 Å². The standard InChI is InChI=1S/C22H27FN4O2/c1-4-26(5-2)18-9-10-20(15(3)11-18)25-22(29)24-17-13-21(28)27(14-17)19-8-6-7-16(23)12-19/h6-12,17H,4-5,13-14H2,1-3H3,(H2,24,25,29)/t17-/m0/s1. The number of nitrogens with zero attached hydrogens (tertiary/aromatic N) is 2. The maximum atomic E-state index is 13.4. The monoisotopic (exact) mass is 398 g/mol. The smallest absolute Gasteiger partial charge is 0.319 e. The molecule has 1 fully saturated rings. The van der Waals surface area contributed by atoms with E-state index in [1.54, 1.807) is 12.1 Å². The van der Waals surface area contributed by atoms with Gasteiger partial charge >= 0.3 is 6.03 Å². The SMILES string of the molecule is CCN(CC)c1ccc(NC(=O)N[C@H]2CC(=O)N(c3cccc(F)c3)C2)c(C)c1. The summed E-state index contributed by atoms with van der Waals surface area (Å²) in [7, 11) is 0. The molecule has 0 unspecified atom stereocenters. The average molecular weight is 398 g/mol. The summed E-state index contributed by atoms with van der Waals surface area (Å²) >= 11 is 0. The molecular weight excluding hydrogens is 371 g/mol. The Morgan fingerprint density at radius 2 is 1.97 bits per heavy atom. The Hall–Kier alpha value is -3.09. The molecule has 1 aliphatic rings. The highest BCUT2D eigenvalue weighted by Crippen LogP contribution is 2.24. The van der Waals surface area contributed by atoms with E-state index in [1.165, 1.54) is 17.0 Å². The maximum Gasteiger partial charge on any atom is 0.319 e. The molecule has 6 nitrogen and oxygen atoms in total. The number of aryl methyl sites for hydroxylation is 1. The van der Waals surface area contributed by atoms with Crippen molar-refractivity contribution in [1.29, 1.82) is 0 Å². The lowest BCUT2D eigenvalue weighted by Crippen LogP contribution is -2.39. The van der Waals surface area contributed by atoms with E-state index in [0.717, 1.165) is 30.0 Å².